The second-order valence-corrected chi connectivity index (χ2v) is 4.50. The van der Waals surface area contributed by atoms with E-state index in [1.807, 2.05) is 30.3 Å². The van der Waals surface area contributed by atoms with Crippen molar-refractivity contribution in [3.63, 3.8) is 0 Å². The van der Waals surface area contributed by atoms with Crippen LogP contribution in [-0.4, -0.2) is 18.9 Å². The third-order valence-electron chi connectivity index (χ3n) is 3.07. The summed E-state index contributed by atoms with van der Waals surface area (Å²) in [5.74, 6) is -0.208. The lowest BCUT2D eigenvalue weighted by molar-refractivity contribution is -0.152. The van der Waals surface area contributed by atoms with Gasteiger partial charge in [0.1, 0.15) is 5.75 Å². The Morgan fingerprint density at radius 2 is 1.75 bits per heavy atom. The number of carbonyl (C=O) groups is 2. The number of methoxy groups -OCH3 is 1. The Labute approximate surface area is 117 Å². The van der Waals surface area contributed by atoms with Crippen LogP contribution in [0.5, 0.6) is 5.75 Å². The monoisotopic (exact) mass is 272 g/mol. The Hall–Kier alpha value is -2.36. The maximum absolute atomic E-state index is 11.9. The minimum Gasteiger partial charge on any atom is -0.496 e. The maximum atomic E-state index is 11.9. The van der Waals surface area contributed by atoms with Gasteiger partial charge in [-0.2, -0.15) is 0 Å². The molecule has 0 radical (unpaired) electrons. The average molecular weight is 272 g/mol. The lowest BCUT2D eigenvalue weighted by Crippen LogP contribution is -2.17. The van der Waals surface area contributed by atoms with E-state index in [9.17, 15) is 9.59 Å². The fourth-order valence-corrected chi connectivity index (χ4v) is 2.24. The van der Waals surface area contributed by atoms with Crippen LogP contribution in [0.25, 0.3) is 10.8 Å². The number of fused-ring (bicyclic) bond motifs is 1. The average Bonchev–Trinajstić information content (AvgIpc) is 2.43. The van der Waals surface area contributed by atoms with Crippen LogP contribution < -0.4 is 4.74 Å². The number of carbonyl (C=O) groups excluding carboxylic acids is 2. The molecule has 0 aliphatic carbocycles. The molecule has 104 valence electrons. The van der Waals surface area contributed by atoms with Crippen molar-refractivity contribution in [2.75, 3.05) is 7.11 Å². The van der Waals surface area contributed by atoms with Gasteiger partial charge in [0.2, 0.25) is 0 Å². The van der Waals surface area contributed by atoms with Crippen LogP contribution in [0.3, 0.4) is 0 Å². The molecule has 0 saturated heterocycles. The van der Waals surface area contributed by atoms with Gasteiger partial charge in [0.15, 0.2) is 11.9 Å². The normalized spacial score (nSPS) is 11.9. The number of hydrogen-bond acceptors (Lipinski definition) is 4. The molecule has 4 nitrogen and oxygen atoms in total. The molecule has 20 heavy (non-hydrogen) atoms. The summed E-state index contributed by atoms with van der Waals surface area (Å²) in [4.78, 5) is 23.1. The van der Waals surface area contributed by atoms with Gasteiger partial charge < -0.3 is 9.47 Å². The summed E-state index contributed by atoms with van der Waals surface area (Å²) in [6.07, 6.45) is -0.950. The molecule has 0 aromatic heterocycles. The van der Waals surface area contributed by atoms with Crippen LogP contribution in [-0.2, 0) is 14.3 Å². The minimum atomic E-state index is -0.950. The van der Waals surface area contributed by atoms with Gasteiger partial charge >= 0.3 is 5.97 Å². The topological polar surface area (TPSA) is 52.6 Å². The Kier molecular flexibility index (Phi) is 4.03. The van der Waals surface area contributed by atoms with E-state index >= 15 is 0 Å². The molecular weight excluding hydrogens is 256 g/mol. The summed E-state index contributed by atoms with van der Waals surface area (Å²) >= 11 is 0. The highest BCUT2D eigenvalue weighted by Crippen LogP contribution is 2.35. The number of Topliss-reactive ketones (excluding diaryl/α,β-unsaturated/α-hetero) is 1. The molecule has 0 aliphatic heterocycles. The highest BCUT2D eigenvalue weighted by Gasteiger charge is 2.25. The molecule has 0 bridgehead atoms. The fourth-order valence-electron chi connectivity index (χ4n) is 2.24. The van der Waals surface area contributed by atoms with Crippen molar-refractivity contribution in [2.45, 2.75) is 20.0 Å². The van der Waals surface area contributed by atoms with Gasteiger partial charge in [-0.05, 0) is 23.8 Å². The molecule has 2 aromatic carbocycles. The van der Waals surface area contributed by atoms with Crippen LogP contribution in [0, 0.1) is 0 Å². The molecule has 1 atom stereocenters. The largest absolute Gasteiger partial charge is 0.496 e. The molecule has 0 spiro atoms. The Balaban J connectivity index is 2.70. The van der Waals surface area contributed by atoms with Crippen LogP contribution >= 0.6 is 0 Å². The van der Waals surface area contributed by atoms with Gasteiger partial charge in [-0.3, -0.25) is 9.59 Å². The zero-order valence-corrected chi connectivity index (χ0v) is 11.7. The molecule has 0 heterocycles. The molecule has 0 aliphatic rings. The molecule has 0 fully saturated rings. The third-order valence-corrected chi connectivity index (χ3v) is 3.07. The number of esters is 1. The van der Waals surface area contributed by atoms with Crippen molar-refractivity contribution >= 4 is 22.5 Å². The van der Waals surface area contributed by atoms with E-state index in [-0.39, 0.29) is 5.78 Å². The predicted molar refractivity (Wildman–Crippen MR) is 75.7 cm³/mol. The van der Waals surface area contributed by atoms with Crippen LogP contribution in [0.15, 0.2) is 36.4 Å². The van der Waals surface area contributed by atoms with Crippen molar-refractivity contribution in [1.82, 2.24) is 0 Å². The summed E-state index contributed by atoms with van der Waals surface area (Å²) in [6, 6.07) is 11.3. The van der Waals surface area contributed by atoms with E-state index in [1.165, 1.54) is 21.0 Å². The van der Waals surface area contributed by atoms with E-state index < -0.39 is 12.1 Å². The first-order valence-corrected chi connectivity index (χ1v) is 6.28. The van der Waals surface area contributed by atoms with E-state index in [1.54, 1.807) is 6.07 Å². The van der Waals surface area contributed by atoms with E-state index in [2.05, 4.69) is 0 Å². The minimum absolute atomic E-state index is 0.241. The summed E-state index contributed by atoms with van der Waals surface area (Å²) in [5, 5.41) is 1.80. The quantitative estimate of drug-likeness (QED) is 0.803. The van der Waals surface area contributed by atoms with Gasteiger partial charge in [0.05, 0.1) is 7.11 Å². The summed E-state index contributed by atoms with van der Waals surface area (Å²) in [7, 11) is 1.53. The van der Waals surface area contributed by atoms with Crippen molar-refractivity contribution in [3.05, 3.63) is 42.0 Å². The van der Waals surface area contributed by atoms with Crippen LogP contribution in [0.1, 0.15) is 25.5 Å². The molecular formula is C16H16O4. The Morgan fingerprint density at radius 1 is 1.05 bits per heavy atom. The molecule has 0 saturated carbocycles. The van der Waals surface area contributed by atoms with E-state index in [0.717, 1.165) is 10.8 Å². The third kappa shape index (κ3) is 2.64. The molecule has 2 rings (SSSR count). The maximum Gasteiger partial charge on any atom is 0.303 e. The zero-order valence-electron chi connectivity index (χ0n) is 11.7. The van der Waals surface area contributed by atoms with Crippen molar-refractivity contribution in [2.24, 2.45) is 0 Å². The van der Waals surface area contributed by atoms with Gasteiger partial charge in [0, 0.05) is 12.5 Å². The smallest absolute Gasteiger partial charge is 0.303 e. The highest BCUT2D eigenvalue weighted by atomic mass is 16.5. The second kappa shape index (κ2) is 5.74. The Morgan fingerprint density at radius 3 is 2.35 bits per heavy atom. The first-order valence-electron chi connectivity index (χ1n) is 6.28. The number of ether oxygens (including phenoxy) is 2. The molecule has 2 aromatic rings. The molecule has 0 N–H and O–H groups in total. The van der Waals surface area contributed by atoms with Crippen LogP contribution in [0.4, 0.5) is 0 Å². The van der Waals surface area contributed by atoms with Crippen molar-refractivity contribution in [3.8, 4) is 5.75 Å². The first-order chi connectivity index (χ1) is 9.54. The van der Waals surface area contributed by atoms with E-state index in [0.29, 0.717) is 11.3 Å². The SMILES string of the molecule is COc1ccc2ccccc2c1C(OC(C)=O)C(C)=O. The lowest BCUT2D eigenvalue weighted by atomic mass is 9.97. The second-order valence-electron chi connectivity index (χ2n) is 4.50. The number of rotatable bonds is 4. The fraction of sp³-hybridized carbons (Fsp3) is 0.250. The van der Waals surface area contributed by atoms with Crippen molar-refractivity contribution < 1.29 is 19.1 Å². The van der Waals surface area contributed by atoms with Gasteiger partial charge in [-0.1, -0.05) is 30.3 Å². The summed E-state index contributed by atoms with van der Waals surface area (Å²) < 4.78 is 10.5. The zero-order chi connectivity index (χ0) is 14.7. The lowest BCUT2D eigenvalue weighted by Gasteiger charge is -2.19. The predicted octanol–water partition coefficient (Wildman–Crippen LogP) is 3.04. The van der Waals surface area contributed by atoms with Gasteiger partial charge in [-0.15, -0.1) is 0 Å². The highest BCUT2D eigenvalue weighted by molar-refractivity contribution is 5.94. The first kappa shape index (κ1) is 14.1. The van der Waals surface area contributed by atoms with Gasteiger partial charge in [-0.25, -0.2) is 0 Å². The van der Waals surface area contributed by atoms with E-state index in [4.69, 9.17) is 9.47 Å². The van der Waals surface area contributed by atoms with Gasteiger partial charge in [0.25, 0.3) is 0 Å². The number of benzene rings is 2. The number of ketones is 1. The molecule has 4 heteroatoms. The Bertz CT molecular complexity index is 661. The molecule has 0 amide bonds. The molecule has 1 unspecified atom stereocenters. The summed E-state index contributed by atoms with van der Waals surface area (Å²) in [5.41, 5.74) is 0.591. The number of hydrogen-bond donors (Lipinski definition) is 0. The van der Waals surface area contributed by atoms with Crippen molar-refractivity contribution in [1.29, 1.82) is 0 Å². The summed E-state index contributed by atoms with van der Waals surface area (Å²) in [6.45, 7) is 2.68. The standard InChI is InChI=1S/C16H16O4/c1-10(17)16(20-11(2)18)15-13-7-5-4-6-12(13)8-9-14(15)19-3/h4-9,16H,1-3H3. The van der Waals surface area contributed by atoms with Crippen LogP contribution in [0.2, 0.25) is 0 Å².